The van der Waals surface area contributed by atoms with Gasteiger partial charge in [-0.25, -0.2) is 0 Å². The number of nitrogens with zero attached hydrogens (tertiary/aromatic N) is 3. The molecule has 3 aromatic rings. The first-order valence-electron chi connectivity index (χ1n) is 10.7. The normalized spacial score (nSPS) is 16.2. The number of hydrogen-bond donors (Lipinski definition) is 0. The van der Waals surface area contributed by atoms with Crippen LogP contribution in [0.2, 0.25) is 0 Å². The van der Waals surface area contributed by atoms with Gasteiger partial charge < -0.3 is 18.9 Å². The highest BCUT2D eigenvalue weighted by molar-refractivity contribution is 5.78. The molecule has 1 aliphatic rings. The summed E-state index contributed by atoms with van der Waals surface area (Å²) in [6.07, 6.45) is 2.21. The van der Waals surface area contributed by atoms with E-state index in [0.717, 1.165) is 30.8 Å². The SMILES string of the molecule is CCOc1ccc(-c2nc(-c3ccccc3OCC(=O)N3CCC[C@@H](C)C3)no2)cc1. The molecular formula is C24H27N3O4. The van der Waals surface area contributed by atoms with Crippen LogP contribution in [-0.4, -0.2) is 47.3 Å². The van der Waals surface area contributed by atoms with Crippen LogP contribution in [0, 0.1) is 5.92 Å². The summed E-state index contributed by atoms with van der Waals surface area (Å²) in [7, 11) is 0. The lowest BCUT2D eigenvalue weighted by molar-refractivity contribution is -0.135. The molecule has 1 atom stereocenters. The number of ether oxygens (including phenoxy) is 2. The number of carbonyl (C=O) groups excluding carboxylic acids is 1. The Morgan fingerprint density at radius 1 is 1.16 bits per heavy atom. The van der Waals surface area contributed by atoms with E-state index in [-0.39, 0.29) is 12.5 Å². The maximum absolute atomic E-state index is 12.6. The van der Waals surface area contributed by atoms with Crippen molar-refractivity contribution < 1.29 is 18.8 Å². The van der Waals surface area contributed by atoms with Gasteiger partial charge in [-0.15, -0.1) is 0 Å². The van der Waals surface area contributed by atoms with E-state index >= 15 is 0 Å². The molecule has 31 heavy (non-hydrogen) atoms. The molecule has 0 saturated carbocycles. The van der Waals surface area contributed by atoms with Crippen LogP contribution in [0.3, 0.4) is 0 Å². The van der Waals surface area contributed by atoms with Gasteiger partial charge in [-0.05, 0) is 62.1 Å². The van der Waals surface area contributed by atoms with Gasteiger partial charge in [0.05, 0.1) is 12.2 Å². The lowest BCUT2D eigenvalue weighted by Crippen LogP contribution is -2.41. The minimum absolute atomic E-state index is 0.00421. The maximum Gasteiger partial charge on any atom is 0.260 e. The molecule has 0 spiro atoms. The van der Waals surface area contributed by atoms with Gasteiger partial charge in [-0.3, -0.25) is 4.79 Å². The standard InChI is InChI=1S/C24H27N3O4/c1-3-29-19-12-10-18(11-13-19)24-25-23(26-31-24)20-8-4-5-9-21(20)30-16-22(28)27-14-6-7-17(2)15-27/h4-5,8-13,17H,3,6-7,14-16H2,1-2H3/t17-/m1/s1. The summed E-state index contributed by atoms with van der Waals surface area (Å²) in [6, 6.07) is 14.9. The molecule has 0 aliphatic carbocycles. The van der Waals surface area contributed by atoms with Crippen molar-refractivity contribution in [1.29, 1.82) is 0 Å². The molecule has 2 heterocycles. The molecule has 2 aromatic carbocycles. The number of aromatic nitrogens is 2. The maximum atomic E-state index is 12.6. The number of rotatable bonds is 7. The van der Waals surface area contributed by atoms with Crippen molar-refractivity contribution in [3.05, 3.63) is 48.5 Å². The van der Waals surface area contributed by atoms with Crippen molar-refractivity contribution in [2.45, 2.75) is 26.7 Å². The van der Waals surface area contributed by atoms with E-state index in [1.165, 1.54) is 6.42 Å². The van der Waals surface area contributed by atoms with Gasteiger partial charge in [0.2, 0.25) is 5.82 Å². The Balaban J connectivity index is 1.46. The first-order valence-corrected chi connectivity index (χ1v) is 10.7. The van der Waals surface area contributed by atoms with Crippen LogP contribution in [0.15, 0.2) is 53.1 Å². The predicted octanol–water partition coefficient (Wildman–Crippen LogP) is 4.44. The van der Waals surface area contributed by atoms with Gasteiger partial charge in [-0.1, -0.05) is 24.2 Å². The molecule has 0 unspecified atom stereocenters. The van der Waals surface area contributed by atoms with Crippen LogP contribution in [0.5, 0.6) is 11.5 Å². The summed E-state index contributed by atoms with van der Waals surface area (Å²) < 4.78 is 16.8. The highest BCUT2D eigenvalue weighted by Crippen LogP contribution is 2.30. The van der Waals surface area contributed by atoms with Crippen molar-refractivity contribution in [2.75, 3.05) is 26.3 Å². The zero-order valence-corrected chi connectivity index (χ0v) is 17.9. The topological polar surface area (TPSA) is 77.7 Å². The molecule has 1 aromatic heterocycles. The third-order valence-electron chi connectivity index (χ3n) is 5.33. The van der Waals surface area contributed by atoms with E-state index in [0.29, 0.717) is 35.6 Å². The van der Waals surface area contributed by atoms with Crippen LogP contribution < -0.4 is 9.47 Å². The van der Waals surface area contributed by atoms with E-state index in [1.807, 2.05) is 60.4 Å². The Morgan fingerprint density at radius 2 is 1.97 bits per heavy atom. The summed E-state index contributed by atoms with van der Waals surface area (Å²) in [6.45, 7) is 6.31. The number of carbonyl (C=O) groups is 1. The largest absolute Gasteiger partial charge is 0.494 e. The smallest absolute Gasteiger partial charge is 0.260 e. The van der Waals surface area contributed by atoms with Crippen LogP contribution >= 0.6 is 0 Å². The van der Waals surface area contributed by atoms with Crippen molar-refractivity contribution in [1.82, 2.24) is 15.0 Å². The van der Waals surface area contributed by atoms with E-state index in [9.17, 15) is 4.79 Å². The quantitative estimate of drug-likeness (QED) is 0.561. The van der Waals surface area contributed by atoms with Gasteiger partial charge in [-0.2, -0.15) is 4.98 Å². The Bertz CT molecular complexity index is 1020. The van der Waals surface area contributed by atoms with Crippen LogP contribution in [0.25, 0.3) is 22.8 Å². The zero-order chi connectivity index (χ0) is 21.6. The van der Waals surface area contributed by atoms with Gasteiger partial charge in [0.25, 0.3) is 11.8 Å². The first-order chi connectivity index (χ1) is 15.1. The summed E-state index contributed by atoms with van der Waals surface area (Å²) in [5, 5.41) is 4.12. The summed E-state index contributed by atoms with van der Waals surface area (Å²) in [5.74, 6) is 2.71. The van der Waals surface area contributed by atoms with E-state index in [4.69, 9.17) is 14.0 Å². The number of benzene rings is 2. The minimum atomic E-state index is -0.00661. The molecule has 0 N–H and O–H groups in total. The summed E-state index contributed by atoms with van der Waals surface area (Å²) in [4.78, 5) is 19.0. The molecule has 162 valence electrons. The average Bonchev–Trinajstić information content (AvgIpc) is 3.28. The fraction of sp³-hybridized carbons (Fsp3) is 0.375. The minimum Gasteiger partial charge on any atom is -0.494 e. The van der Waals surface area contributed by atoms with Crippen LogP contribution in [-0.2, 0) is 4.79 Å². The lowest BCUT2D eigenvalue weighted by Gasteiger charge is -2.30. The second kappa shape index (κ2) is 9.64. The molecule has 0 radical (unpaired) electrons. The monoisotopic (exact) mass is 421 g/mol. The Morgan fingerprint density at radius 3 is 2.74 bits per heavy atom. The fourth-order valence-corrected chi connectivity index (χ4v) is 3.73. The highest BCUT2D eigenvalue weighted by Gasteiger charge is 2.22. The Hall–Kier alpha value is -3.35. The highest BCUT2D eigenvalue weighted by atomic mass is 16.5. The van der Waals surface area contributed by atoms with Crippen molar-refractivity contribution in [2.24, 2.45) is 5.92 Å². The molecule has 1 saturated heterocycles. The molecule has 4 rings (SSSR count). The average molecular weight is 421 g/mol. The first kappa shape index (κ1) is 20.9. The van der Waals surface area contributed by atoms with Crippen molar-refractivity contribution in [3.63, 3.8) is 0 Å². The van der Waals surface area contributed by atoms with Gasteiger partial charge in [0.15, 0.2) is 6.61 Å². The van der Waals surface area contributed by atoms with Gasteiger partial charge >= 0.3 is 0 Å². The third-order valence-corrected chi connectivity index (χ3v) is 5.33. The van der Waals surface area contributed by atoms with Gasteiger partial charge in [0, 0.05) is 18.7 Å². The summed E-state index contributed by atoms with van der Waals surface area (Å²) >= 11 is 0. The Kier molecular flexibility index (Phi) is 6.50. The van der Waals surface area contributed by atoms with Crippen LogP contribution in [0.1, 0.15) is 26.7 Å². The molecular weight excluding hydrogens is 394 g/mol. The number of likely N-dealkylation sites (tertiary alicyclic amines) is 1. The van der Waals surface area contributed by atoms with Crippen LogP contribution in [0.4, 0.5) is 0 Å². The fourth-order valence-electron chi connectivity index (χ4n) is 3.73. The molecule has 1 fully saturated rings. The number of para-hydroxylation sites is 1. The van der Waals surface area contributed by atoms with E-state index in [2.05, 4.69) is 17.1 Å². The third kappa shape index (κ3) is 5.05. The number of hydrogen-bond acceptors (Lipinski definition) is 6. The lowest BCUT2D eigenvalue weighted by atomic mass is 10.0. The van der Waals surface area contributed by atoms with E-state index in [1.54, 1.807) is 0 Å². The molecule has 1 aliphatic heterocycles. The molecule has 1 amide bonds. The second-order valence-electron chi connectivity index (χ2n) is 7.75. The summed E-state index contributed by atoms with van der Waals surface area (Å²) in [5.41, 5.74) is 1.48. The second-order valence-corrected chi connectivity index (χ2v) is 7.75. The molecule has 7 heteroatoms. The number of piperidine rings is 1. The van der Waals surface area contributed by atoms with E-state index < -0.39 is 0 Å². The van der Waals surface area contributed by atoms with Crippen molar-refractivity contribution >= 4 is 5.91 Å². The zero-order valence-electron chi connectivity index (χ0n) is 17.9. The molecule has 7 nitrogen and oxygen atoms in total. The Labute approximate surface area is 182 Å². The van der Waals surface area contributed by atoms with Gasteiger partial charge in [0.1, 0.15) is 11.5 Å². The number of amides is 1. The predicted molar refractivity (Wildman–Crippen MR) is 117 cm³/mol. The van der Waals surface area contributed by atoms with Crippen molar-refractivity contribution in [3.8, 4) is 34.3 Å². The molecule has 0 bridgehead atoms.